The van der Waals surface area contributed by atoms with E-state index in [1.807, 2.05) is 19.1 Å². The van der Waals surface area contributed by atoms with Crippen molar-refractivity contribution in [1.29, 1.82) is 0 Å². The number of hydrogen-bond acceptors (Lipinski definition) is 8. The molecule has 0 saturated heterocycles. The van der Waals surface area contributed by atoms with Gasteiger partial charge in [0.05, 0.1) is 34.9 Å². The third-order valence-electron chi connectivity index (χ3n) is 7.02. The molecule has 0 bridgehead atoms. The second kappa shape index (κ2) is 9.45. The van der Waals surface area contributed by atoms with Crippen LogP contribution >= 0.6 is 0 Å². The average molecular weight is 545 g/mol. The number of aryl methyl sites for hydroxylation is 1. The van der Waals surface area contributed by atoms with Gasteiger partial charge in [0, 0.05) is 17.0 Å². The van der Waals surface area contributed by atoms with E-state index in [1.54, 1.807) is 6.20 Å². The normalized spacial score (nSPS) is 19.8. The lowest BCUT2D eigenvalue weighted by atomic mass is 9.81. The summed E-state index contributed by atoms with van der Waals surface area (Å²) in [7, 11) is 0. The standard InChI is InChI=1S/C25H24F4N8O2/c1-11-2-3-16-15(10-33-37-16)17(11)19-18(30)20(21(31)38)36-23(35-19)14-8-12(26)9-32-22(14)34-13-4-6-24(39,7-5-13)25(27,28)29/h2-3,8-10,13,39H,4-7,30H2,1H3,(H2,31,38)(H,32,34)(H,33,37). The van der Waals surface area contributed by atoms with Crippen LogP contribution in [0.4, 0.5) is 29.1 Å². The summed E-state index contributed by atoms with van der Waals surface area (Å²) in [4.78, 5) is 25.2. The van der Waals surface area contributed by atoms with Gasteiger partial charge in [-0.1, -0.05) is 6.07 Å². The van der Waals surface area contributed by atoms with Gasteiger partial charge in [0.15, 0.2) is 17.1 Å². The average Bonchev–Trinajstić information content (AvgIpc) is 3.35. The monoisotopic (exact) mass is 544 g/mol. The van der Waals surface area contributed by atoms with Gasteiger partial charge in [-0.2, -0.15) is 18.3 Å². The number of pyridine rings is 1. The quantitative estimate of drug-likeness (QED) is 0.236. The Bertz CT molecular complexity index is 1580. The summed E-state index contributed by atoms with van der Waals surface area (Å²) >= 11 is 0. The highest BCUT2D eigenvalue weighted by Crippen LogP contribution is 2.42. The fourth-order valence-corrected chi connectivity index (χ4v) is 4.85. The number of aromatic amines is 1. The first-order valence-electron chi connectivity index (χ1n) is 12.0. The van der Waals surface area contributed by atoms with Crippen LogP contribution in [-0.2, 0) is 0 Å². The Morgan fingerprint density at radius 3 is 2.59 bits per heavy atom. The molecule has 0 spiro atoms. The number of carbonyl (C=O) groups excluding carboxylic acids is 1. The Balaban J connectivity index is 1.59. The van der Waals surface area contributed by atoms with E-state index >= 15 is 0 Å². The molecule has 10 nitrogen and oxygen atoms in total. The largest absolute Gasteiger partial charge is 0.417 e. The number of amides is 1. The van der Waals surface area contributed by atoms with Crippen molar-refractivity contribution in [2.45, 2.75) is 50.4 Å². The summed E-state index contributed by atoms with van der Waals surface area (Å²) in [5.74, 6) is -1.71. The van der Waals surface area contributed by atoms with E-state index < -0.39 is 42.4 Å². The van der Waals surface area contributed by atoms with Crippen LogP contribution in [0.25, 0.3) is 33.5 Å². The number of benzene rings is 1. The van der Waals surface area contributed by atoms with Crippen molar-refractivity contribution in [2.24, 2.45) is 5.73 Å². The van der Waals surface area contributed by atoms with Crippen LogP contribution in [0.15, 0.2) is 30.6 Å². The molecule has 1 saturated carbocycles. The fraction of sp³-hybridized carbons (Fsp3) is 0.320. The van der Waals surface area contributed by atoms with Crippen LogP contribution in [0.3, 0.4) is 0 Å². The van der Waals surface area contributed by atoms with Gasteiger partial charge in [0.1, 0.15) is 11.6 Å². The molecule has 4 aromatic rings. The number of nitrogens with two attached hydrogens (primary N) is 2. The van der Waals surface area contributed by atoms with Gasteiger partial charge in [-0.25, -0.2) is 19.3 Å². The number of H-pyrrole nitrogens is 1. The lowest BCUT2D eigenvalue weighted by Crippen LogP contribution is -2.49. The minimum atomic E-state index is -4.74. The number of fused-ring (bicyclic) bond motifs is 1. The predicted octanol–water partition coefficient (Wildman–Crippen LogP) is 3.86. The summed E-state index contributed by atoms with van der Waals surface area (Å²) in [6, 6.07) is 4.21. The van der Waals surface area contributed by atoms with Crippen LogP contribution in [0.5, 0.6) is 0 Å². The molecular weight excluding hydrogens is 520 g/mol. The van der Waals surface area contributed by atoms with E-state index in [0.29, 0.717) is 16.5 Å². The smallest absolute Gasteiger partial charge is 0.395 e. The van der Waals surface area contributed by atoms with Crippen LogP contribution in [-0.4, -0.2) is 54.0 Å². The highest BCUT2D eigenvalue weighted by atomic mass is 19.4. The molecule has 7 N–H and O–H groups in total. The highest BCUT2D eigenvalue weighted by Gasteiger charge is 2.54. The second-order valence-electron chi connectivity index (χ2n) is 9.61. The molecule has 0 aliphatic heterocycles. The van der Waals surface area contributed by atoms with E-state index in [0.717, 1.165) is 17.8 Å². The van der Waals surface area contributed by atoms with E-state index in [4.69, 9.17) is 11.5 Å². The minimum absolute atomic E-state index is 0.0173. The molecule has 1 aliphatic carbocycles. The molecule has 5 rings (SSSR count). The van der Waals surface area contributed by atoms with Crippen molar-refractivity contribution in [3.8, 4) is 22.6 Å². The number of primary amides is 1. The van der Waals surface area contributed by atoms with Crippen LogP contribution < -0.4 is 16.8 Å². The topological polar surface area (TPSA) is 169 Å². The first-order chi connectivity index (χ1) is 18.4. The van der Waals surface area contributed by atoms with Crippen LogP contribution in [0.2, 0.25) is 0 Å². The zero-order valence-corrected chi connectivity index (χ0v) is 20.6. The number of carbonyl (C=O) groups is 1. The molecule has 1 fully saturated rings. The van der Waals surface area contributed by atoms with E-state index in [1.165, 1.54) is 0 Å². The minimum Gasteiger partial charge on any atom is -0.395 e. The van der Waals surface area contributed by atoms with E-state index in [9.17, 15) is 27.5 Å². The van der Waals surface area contributed by atoms with Gasteiger partial charge in [-0.15, -0.1) is 0 Å². The second-order valence-corrected chi connectivity index (χ2v) is 9.61. The maximum atomic E-state index is 14.4. The maximum Gasteiger partial charge on any atom is 0.417 e. The molecule has 14 heteroatoms. The molecule has 3 heterocycles. The van der Waals surface area contributed by atoms with Gasteiger partial charge < -0.3 is 21.9 Å². The Morgan fingerprint density at radius 2 is 1.92 bits per heavy atom. The summed E-state index contributed by atoms with van der Waals surface area (Å²) < 4.78 is 54.1. The molecule has 1 aromatic carbocycles. The molecule has 204 valence electrons. The lowest BCUT2D eigenvalue weighted by molar-refractivity contribution is -0.269. The zero-order chi connectivity index (χ0) is 28.1. The Morgan fingerprint density at radius 1 is 1.21 bits per heavy atom. The number of nitrogen functional groups attached to an aromatic ring is 1. The molecule has 39 heavy (non-hydrogen) atoms. The lowest BCUT2D eigenvalue weighted by Gasteiger charge is -2.37. The van der Waals surface area contributed by atoms with Crippen molar-refractivity contribution in [1.82, 2.24) is 25.1 Å². The van der Waals surface area contributed by atoms with E-state index in [-0.39, 0.29) is 47.1 Å². The van der Waals surface area contributed by atoms with Gasteiger partial charge in [-0.3, -0.25) is 9.89 Å². The molecule has 1 aliphatic rings. The fourth-order valence-electron chi connectivity index (χ4n) is 4.85. The number of alkyl halides is 3. The molecule has 3 aromatic heterocycles. The number of anilines is 2. The first-order valence-corrected chi connectivity index (χ1v) is 12.0. The van der Waals surface area contributed by atoms with Crippen molar-refractivity contribution < 1.29 is 27.5 Å². The number of hydrogen-bond donors (Lipinski definition) is 5. The summed E-state index contributed by atoms with van der Waals surface area (Å²) in [6.07, 6.45) is -3.28. The Kier molecular flexibility index (Phi) is 6.37. The van der Waals surface area contributed by atoms with Crippen molar-refractivity contribution in [3.63, 3.8) is 0 Å². The molecular formula is C25H24F4N8O2. The Hall–Kier alpha value is -4.33. The number of nitrogens with one attached hydrogen (secondary N) is 2. The van der Waals surface area contributed by atoms with Crippen LogP contribution in [0, 0.1) is 12.7 Å². The number of nitrogens with zero attached hydrogens (tertiary/aromatic N) is 4. The van der Waals surface area contributed by atoms with Crippen LogP contribution in [0.1, 0.15) is 41.7 Å². The molecule has 1 amide bonds. The van der Waals surface area contributed by atoms with Crippen molar-refractivity contribution in [2.75, 3.05) is 11.1 Å². The van der Waals surface area contributed by atoms with Gasteiger partial charge in [0.25, 0.3) is 5.91 Å². The van der Waals surface area contributed by atoms with Gasteiger partial charge >= 0.3 is 6.18 Å². The Labute approximate surface area is 218 Å². The van der Waals surface area contributed by atoms with Crippen molar-refractivity contribution in [3.05, 3.63) is 47.7 Å². The zero-order valence-electron chi connectivity index (χ0n) is 20.6. The van der Waals surface area contributed by atoms with Gasteiger partial charge in [-0.05, 0) is 50.3 Å². The van der Waals surface area contributed by atoms with Crippen molar-refractivity contribution >= 4 is 28.3 Å². The number of rotatable bonds is 5. The number of aliphatic hydroxyl groups is 1. The SMILES string of the molecule is Cc1ccc2[nH]ncc2c1-c1nc(-c2cc(F)cnc2NC2CCC(O)(C(F)(F)F)CC2)nc(C(N)=O)c1N. The molecule has 0 radical (unpaired) electrons. The third kappa shape index (κ3) is 4.71. The molecule has 0 unspecified atom stereocenters. The highest BCUT2D eigenvalue weighted by molar-refractivity contribution is 6.04. The third-order valence-corrected chi connectivity index (χ3v) is 7.02. The summed E-state index contributed by atoms with van der Waals surface area (Å²) in [5, 5.41) is 20.6. The summed E-state index contributed by atoms with van der Waals surface area (Å²) in [6.45, 7) is 1.81. The van der Waals surface area contributed by atoms with Gasteiger partial charge in [0.2, 0.25) is 0 Å². The predicted molar refractivity (Wildman–Crippen MR) is 135 cm³/mol. The maximum absolute atomic E-state index is 14.4. The summed E-state index contributed by atoms with van der Waals surface area (Å²) in [5.41, 5.74) is 10.9. The first kappa shape index (κ1) is 26.3. The number of halogens is 4. The number of aromatic nitrogens is 5. The molecule has 0 atom stereocenters. The van der Waals surface area contributed by atoms with E-state index in [2.05, 4.69) is 30.5 Å².